The zero-order valence-corrected chi connectivity index (χ0v) is 19.1. The molecular formula is C25H29N5O2. The predicted octanol–water partition coefficient (Wildman–Crippen LogP) is 5.01. The van der Waals surface area contributed by atoms with Gasteiger partial charge in [0.15, 0.2) is 11.4 Å². The van der Waals surface area contributed by atoms with Crippen molar-refractivity contribution in [2.24, 2.45) is 0 Å². The van der Waals surface area contributed by atoms with Crippen LogP contribution in [0.25, 0.3) is 16.6 Å². The van der Waals surface area contributed by atoms with E-state index in [9.17, 15) is 4.79 Å². The summed E-state index contributed by atoms with van der Waals surface area (Å²) < 4.78 is 7.91. The molecule has 1 aliphatic rings. The summed E-state index contributed by atoms with van der Waals surface area (Å²) in [5, 5.41) is 4.60. The monoisotopic (exact) mass is 431 g/mol. The highest BCUT2D eigenvalue weighted by atomic mass is 16.3. The average Bonchev–Trinajstić information content (AvgIpc) is 3.34. The summed E-state index contributed by atoms with van der Waals surface area (Å²) in [5.41, 5.74) is 3.71. The zero-order valence-electron chi connectivity index (χ0n) is 19.1. The number of benzene rings is 1. The van der Waals surface area contributed by atoms with Gasteiger partial charge in [-0.05, 0) is 58.7 Å². The average molecular weight is 432 g/mol. The molecule has 4 heterocycles. The molecule has 4 aromatic rings. The van der Waals surface area contributed by atoms with Gasteiger partial charge in [-0.3, -0.25) is 14.2 Å². The number of amides is 1. The molecule has 1 N–H and O–H groups in total. The predicted molar refractivity (Wildman–Crippen MR) is 125 cm³/mol. The number of fused-ring (bicyclic) bond motifs is 2. The van der Waals surface area contributed by atoms with E-state index in [1.165, 1.54) is 0 Å². The summed E-state index contributed by atoms with van der Waals surface area (Å²) in [6.07, 6.45) is 7.24. The van der Waals surface area contributed by atoms with Gasteiger partial charge in [0.2, 0.25) is 0 Å². The third-order valence-corrected chi connectivity index (χ3v) is 6.00. The van der Waals surface area contributed by atoms with E-state index in [0.29, 0.717) is 18.8 Å². The highest BCUT2D eigenvalue weighted by Crippen LogP contribution is 2.35. The molecule has 0 bridgehead atoms. The lowest BCUT2D eigenvalue weighted by Gasteiger charge is -2.32. The van der Waals surface area contributed by atoms with Crippen LogP contribution in [-0.2, 0) is 0 Å². The highest BCUT2D eigenvalue weighted by Gasteiger charge is 2.30. The summed E-state index contributed by atoms with van der Waals surface area (Å²) in [7, 11) is 0. The van der Waals surface area contributed by atoms with Gasteiger partial charge >= 0.3 is 0 Å². The Morgan fingerprint density at radius 2 is 1.97 bits per heavy atom. The number of carbonyl (C=O) groups is 1. The fourth-order valence-corrected chi connectivity index (χ4v) is 4.47. The quantitative estimate of drug-likeness (QED) is 0.493. The number of hydrogen-bond donors (Lipinski definition) is 1. The summed E-state index contributed by atoms with van der Waals surface area (Å²) in [5.74, 6) is 1.68. The van der Waals surface area contributed by atoms with Crippen molar-refractivity contribution in [1.82, 2.24) is 19.3 Å². The summed E-state index contributed by atoms with van der Waals surface area (Å²) in [4.78, 5) is 24.1. The second kappa shape index (κ2) is 7.65. The maximum Gasteiger partial charge on any atom is 0.289 e. The number of hydrogen-bond acceptors (Lipinski definition) is 5. The Balaban J connectivity index is 1.35. The van der Waals surface area contributed by atoms with Crippen LogP contribution in [0.15, 0.2) is 47.3 Å². The Morgan fingerprint density at radius 1 is 1.19 bits per heavy atom. The molecule has 1 aromatic carbocycles. The molecule has 1 aliphatic heterocycles. The Morgan fingerprint density at radius 3 is 2.72 bits per heavy atom. The van der Waals surface area contributed by atoms with Crippen LogP contribution in [-0.4, -0.2) is 43.8 Å². The van der Waals surface area contributed by atoms with Crippen LogP contribution in [0.2, 0.25) is 0 Å². The first kappa shape index (κ1) is 20.5. The molecule has 1 amide bonds. The molecule has 1 fully saturated rings. The number of anilines is 1. The topological polar surface area (TPSA) is 75.7 Å². The summed E-state index contributed by atoms with van der Waals surface area (Å²) in [6, 6.07) is 7.83. The molecule has 0 saturated carbocycles. The smallest absolute Gasteiger partial charge is 0.289 e. The van der Waals surface area contributed by atoms with E-state index in [0.717, 1.165) is 46.5 Å². The van der Waals surface area contributed by atoms with Crippen LogP contribution >= 0.6 is 0 Å². The van der Waals surface area contributed by atoms with Gasteiger partial charge in [-0.1, -0.05) is 11.6 Å². The van der Waals surface area contributed by atoms with Gasteiger partial charge < -0.3 is 14.6 Å². The van der Waals surface area contributed by atoms with E-state index in [1.54, 1.807) is 12.4 Å². The lowest BCUT2D eigenvalue weighted by Crippen LogP contribution is -2.38. The van der Waals surface area contributed by atoms with Crippen LogP contribution in [0, 0.1) is 6.92 Å². The number of likely N-dealkylation sites (tertiary alicyclic amines) is 1. The highest BCUT2D eigenvalue weighted by molar-refractivity contribution is 5.96. The van der Waals surface area contributed by atoms with Crippen molar-refractivity contribution in [3.63, 3.8) is 0 Å². The second-order valence-electron chi connectivity index (χ2n) is 9.74. The first-order valence-electron chi connectivity index (χ1n) is 11.2. The van der Waals surface area contributed by atoms with Crippen LogP contribution in [0.4, 0.5) is 5.82 Å². The van der Waals surface area contributed by atoms with Crippen LogP contribution < -0.4 is 5.32 Å². The first-order valence-corrected chi connectivity index (χ1v) is 11.2. The number of carbonyl (C=O) groups excluding carboxylic acids is 1. The minimum absolute atomic E-state index is 0.0375. The number of furan rings is 1. The van der Waals surface area contributed by atoms with Crippen LogP contribution in [0.1, 0.15) is 61.3 Å². The fourth-order valence-electron chi connectivity index (χ4n) is 4.47. The summed E-state index contributed by atoms with van der Waals surface area (Å²) in [6.45, 7) is 9.84. The van der Waals surface area contributed by atoms with Crippen molar-refractivity contribution in [3.8, 4) is 0 Å². The Hall–Kier alpha value is -3.35. The minimum atomic E-state index is -0.0930. The standard InChI is InChI=1S/C25H29N5O2/c1-16-5-6-19-18(13-16)14-20(32-19)24(31)29-10-7-17(8-11-29)22-23(28-25(2,3)4)30-12-9-26-15-21(30)27-22/h5-6,9,12-15,17,28H,7-8,10-11H2,1-4H3. The largest absolute Gasteiger partial charge is 0.451 e. The van der Waals surface area contributed by atoms with Crippen molar-refractivity contribution in [2.75, 3.05) is 18.4 Å². The second-order valence-corrected chi connectivity index (χ2v) is 9.74. The number of imidazole rings is 1. The Kier molecular flexibility index (Phi) is 4.92. The van der Waals surface area contributed by atoms with Gasteiger partial charge in [-0.25, -0.2) is 4.98 Å². The number of nitrogens with zero attached hydrogens (tertiary/aromatic N) is 4. The number of piperidine rings is 1. The molecule has 3 aromatic heterocycles. The summed E-state index contributed by atoms with van der Waals surface area (Å²) >= 11 is 0. The molecular weight excluding hydrogens is 402 g/mol. The molecule has 5 rings (SSSR count). The normalized spacial score (nSPS) is 15.6. The van der Waals surface area contributed by atoms with Crippen LogP contribution in [0.3, 0.4) is 0 Å². The number of rotatable bonds is 3. The molecule has 7 nitrogen and oxygen atoms in total. The molecule has 0 atom stereocenters. The van der Waals surface area contributed by atoms with Crippen LogP contribution in [0.5, 0.6) is 0 Å². The molecule has 1 saturated heterocycles. The molecule has 0 radical (unpaired) electrons. The van der Waals surface area contributed by atoms with Crippen molar-refractivity contribution >= 4 is 28.3 Å². The molecule has 166 valence electrons. The third kappa shape index (κ3) is 3.83. The molecule has 7 heteroatoms. The van der Waals surface area contributed by atoms with E-state index in [2.05, 4.69) is 35.5 Å². The van der Waals surface area contributed by atoms with Crippen molar-refractivity contribution in [1.29, 1.82) is 0 Å². The maximum absolute atomic E-state index is 13.1. The van der Waals surface area contributed by atoms with E-state index in [-0.39, 0.29) is 17.4 Å². The molecule has 0 spiro atoms. The number of aromatic nitrogens is 3. The Bertz CT molecular complexity index is 1290. The van der Waals surface area contributed by atoms with E-state index < -0.39 is 0 Å². The van der Waals surface area contributed by atoms with Gasteiger partial charge in [0, 0.05) is 42.3 Å². The number of nitrogens with one attached hydrogen (secondary N) is 1. The molecule has 32 heavy (non-hydrogen) atoms. The third-order valence-electron chi connectivity index (χ3n) is 6.00. The molecule has 0 unspecified atom stereocenters. The van der Waals surface area contributed by atoms with Gasteiger partial charge in [0.1, 0.15) is 11.4 Å². The van der Waals surface area contributed by atoms with Gasteiger partial charge in [0.25, 0.3) is 5.91 Å². The lowest BCUT2D eigenvalue weighted by atomic mass is 9.92. The first-order chi connectivity index (χ1) is 15.3. The van der Waals surface area contributed by atoms with E-state index in [1.807, 2.05) is 42.3 Å². The van der Waals surface area contributed by atoms with E-state index in [4.69, 9.17) is 9.40 Å². The Labute approximate surface area is 187 Å². The van der Waals surface area contributed by atoms with Gasteiger partial charge in [-0.15, -0.1) is 0 Å². The van der Waals surface area contributed by atoms with E-state index >= 15 is 0 Å². The number of aryl methyl sites for hydroxylation is 1. The minimum Gasteiger partial charge on any atom is -0.451 e. The van der Waals surface area contributed by atoms with Gasteiger partial charge in [0.05, 0.1) is 11.9 Å². The van der Waals surface area contributed by atoms with Crippen molar-refractivity contribution in [2.45, 2.75) is 52.0 Å². The van der Waals surface area contributed by atoms with Crippen molar-refractivity contribution < 1.29 is 9.21 Å². The van der Waals surface area contributed by atoms with Gasteiger partial charge in [-0.2, -0.15) is 0 Å². The zero-order chi connectivity index (χ0) is 22.5. The maximum atomic E-state index is 13.1. The molecule has 0 aliphatic carbocycles. The lowest BCUT2D eigenvalue weighted by molar-refractivity contribution is 0.0682. The fraction of sp³-hybridized carbons (Fsp3) is 0.400. The SMILES string of the molecule is Cc1ccc2oc(C(=O)N3CCC(c4nc5cnccn5c4NC(C)(C)C)CC3)cc2c1. The van der Waals surface area contributed by atoms with Crippen molar-refractivity contribution in [3.05, 3.63) is 59.9 Å².